The van der Waals surface area contributed by atoms with Gasteiger partial charge in [-0.15, -0.1) is 0 Å². The van der Waals surface area contributed by atoms with Crippen LogP contribution in [-0.4, -0.2) is 90.3 Å². The molecule has 0 saturated carbocycles. The molecule has 2 amide bonds. The number of rotatable bonds is 5. The van der Waals surface area contributed by atoms with Gasteiger partial charge in [0, 0.05) is 52.4 Å². The molecule has 1 aromatic carbocycles. The van der Waals surface area contributed by atoms with Crippen molar-refractivity contribution in [1.82, 2.24) is 19.6 Å². The van der Waals surface area contributed by atoms with Crippen LogP contribution < -0.4 is 0 Å². The average molecular weight is 445 g/mol. The Morgan fingerprint density at radius 3 is 2.31 bits per heavy atom. The first-order valence-corrected chi connectivity index (χ1v) is 12.3. The van der Waals surface area contributed by atoms with E-state index in [2.05, 4.69) is 9.80 Å². The van der Waals surface area contributed by atoms with Gasteiger partial charge in [-0.2, -0.15) is 0 Å². The van der Waals surface area contributed by atoms with Gasteiger partial charge in [-0.3, -0.25) is 19.4 Å². The molecule has 1 atom stereocenters. The van der Waals surface area contributed by atoms with Crippen LogP contribution in [0.4, 0.5) is 4.39 Å². The molecule has 0 radical (unpaired) electrons. The summed E-state index contributed by atoms with van der Waals surface area (Å²) in [5.74, 6) is 0.293. The number of hydrogen-bond donors (Lipinski definition) is 0. The van der Waals surface area contributed by atoms with Crippen LogP contribution in [0.1, 0.15) is 44.1 Å². The summed E-state index contributed by atoms with van der Waals surface area (Å²) < 4.78 is 13.5. The van der Waals surface area contributed by atoms with Gasteiger partial charge < -0.3 is 9.80 Å². The molecular weight excluding hydrogens is 407 g/mol. The molecule has 32 heavy (non-hydrogen) atoms. The molecule has 0 spiro atoms. The molecule has 1 aromatic rings. The van der Waals surface area contributed by atoms with E-state index in [4.69, 9.17) is 0 Å². The quantitative estimate of drug-likeness (QED) is 0.701. The molecule has 4 rings (SSSR count). The Morgan fingerprint density at radius 1 is 0.844 bits per heavy atom. The number of carbonyl (C=O) groups excluding carboxylic acids is 2. The molecule has 3 heterocycles. The normalized spacial score (nSPS) is 23.7. The van der Waals surface area contributed by atoms with Gasteiger partial charge >= 0.3 is 0 Å². The van der Waals surface area contributed by atoms with E-state index in [1.165, 1.54) is 18.9 Å². The molecule has 0 aromatic heterocycles. The van der Waals surface area contributed by atoms with Crippen molar-refractivity contribution >= 4 is 11.8 Å². The highest BCUT2D eigenvalue weighted by Crippen LogP contribution is 2.22. The summed E-state index contributed by atoms with van der Waals surface area (Å²) in [7, 11) is 0. The summed E-state index contributed by atoms with van der Waals surface area (Å²) in [6.45, 7) is 7.59. The minimum absolute atomic E-state index is 0.0163. The molecule has 6 nitrogen and oxygen atoms in total. The number of amides is 2. The number of piperidine rings is 1. The predicted octanol–water partition coefficient (Wildman–Crippen LogP) is 2.58. The molecule has 0 bridgehead atoms. The van der Waals surface area contributed by atoms with Crippen LogP contribution in [0.3, 0.4) is 0 Å². The van der Waals surface area contributed by atoms with Gasteiger partial charge in [0.25, 0.3) is 0 Å². The summed E-state index contributed by atoms with van der Waals surface area (Å²) in [4.78, 5) is 34.3. The SMILES string of the molecule is O=C(CN1CCN(C(=O)C2CCCN(Cc3cccc(F)c3)C2)CC1)N1CCCCCC1. The summed E-state index contributed by atoms with van der Waals surface area (Å²) in [6, 6.07) is 6.74. The number of carbonyl (C=O) groups is 2. The Bertz CT molecular complexity index is 773. The van der Waals surface area contributed by atoms with Gasteiger partial charge in [0.15, 0.2) is 0 Å². The molecule has 0 aliphatic carbocycles. The lowest BCUT2D eigenvalue weighted by Crippen LogP contribution is -2.54. The maximum atomic E-state index is 13.5. The highest BCUT2D eigenvalue weighted by molar-refractivity contribution is 5.80. The van der Waals surface area contributed by atoms with E-state index in [9.17, 15) is 14.0 Å². The topological polar surface area (TPSA) is 47.1 Å². The number of halogens is 1. The van der Waals surface area contributed by atoms with E-state index in [1.54, 1.807) is 12.1 Å². The van der Waals surface area contributed by atoms with Crippen LogP contribution in [0, 0.1) is 11.7 Å². The van der Waals surface area contributed by atoms with Crippen molar-refractivity contribution in [3.8, 4) is 0 Å². The third kappa shape index (κ3) is 6.29. The monoisotopic (exact) mass is 444 g/mol. The van der Waals surface area contributed by atoms with Crippen molar-refractivity contribution in [2.45, 2.75) is 45.1 Å². The largest absolute Gasteiger partial charge is 0.342 e. The van der Waals surface area contributed by atoms with Gasteiger partial charge in [0.2, 0.25) is 11.8 Å². The van der Waals surface area contributed by atoms with Gasteiger partial charge in [-0.1, -0.05) is 25.0 Å². The molecule has 3 saturated heterocycles. The Balaban J connectivity index is 1.22. The zero-order chi connectivity index (χ0) is 22.3. The number of benzene rings is 1. The van der Waals surface area contributed by atoms with Crippen LogP contribution >= 0.6 is 0 Å². The number of nitrogens with zero attached hydrogens (tertiary/aromatic N) is 4. The minimum atomic E-state index is -0.209. The first-order chi connectivity index (χ1) is 15.6. The lowest BCUT2D eigenvalue weighted by Gasteiger charge is -2.39. The zero-order valence-electron chi connectivity index (χ0n) is 19.2. The molecule has 1 unspecified atom stereocenters. The standard InChI is InChI=1S/C25H37FN4O2/c26-23-9-5-7-21(17-23)18-28-10-6-8-22(19-28)25(32)30-15-13-27(14-16-30)20-24(31)29-11-3-1-2-4-12-29/h5,7,9,17,22H,1-4,6,8,10-16,18-20H2. The Labute approximate surface area is 191 Å². The van der Waals surface area contributed by atoms with Crippen LogP contribution in [0.15, 0.2) is 24.3 Å². The molecule has 3 aliphatic heterocycles. The van der Waals surface area contributed by atoms with Crippen molar-refractivity contribution in [2.24, 2.45) is 5.92 Å². The highest BCUT2D eigenvalue weighted by atomic mass is 19.1. The van der Waals surface area contributed by atoms with E-state index < -0.39 is 0 Å². The lowest BCUT2D eigenvalue weighted by molar-refractivity contribution is -0.140. The smallest absolute Gasteiger partial charge is 0.236 e. The van der Waals surface area contributed by atoms with E-state index in [1.807, 2.05) is 15.9 Å². The van der Waals surface area contributed by atoms with E-state index in [0.717, 1.165) is 70.5 Å². The molecular formula is C25H37FN4O2. The first kappa shape index (κ1) is 23.2. The van der Waals surface area contributed by atoms with Crippen molar-refractivity contribution in [2.75, 3.05) is 58.9 Å². The van der Waals surface area contributed by atoms with Gasteiger partial charge in [0.1, 0.15) is 5.82 Å². The third-order valence-electron chi connectivity index (χ3n) is 7.15. The number of likely N-dealkylation sites (tertiary alicyclic amines) is 2. The Kier molecular flexibility index (Phi) is 8.14. The second kappa shape index (κ2) is 11.2. The van der Waals surface area contributed by atoms with Crippen molar-refractivity contribution < 1.29 is 14.0 Å². The van der Waals surface area contributed by atoms with Crippen LogP contribution in [0.25, 0.3) is 0 Å². The van der Waals surface area contributed by atoms with Crippen molar-refractivity contribution in [3.63, 3.8) is 0 Å². The maximum absolute atomic E-state index is 13.5. The number of hydrogen-bond acceptors (Lipinski definition) is 4. The van der Waals surface area contributed by atoms with Gasteiger partial charge in [-0.25, -0.2) is 4.39 Å². The Hall–Kier alpha value is -1.99. The molecule has 7 heteroatoms. The second-order valence-electron chi connectivity index (χ2n) is 9.60. The zero-order valence-corrected chi connectivity index (χ0v) is 19.2. The summed E-state index contributed by atoms with van der Waals surface area (Å²) >= 11 is 0. The van der Waals surface area contributed by atoms with Crippen LogP contribution in [0.2, 0.25) is 0 Å². The summed E-state index contributed by atoms with van der Waals surface area (Å²) in [6.07, 6.45) is 6.61. The predicted molar refractivity (Wildman–Crippen MR) is 122 cm³/mol. The molecule has 176 valence electrons. The van der Waals surface area contributed by atoms with Crippen LogP contribution in [-0.2, 0) is 16.1 Å². The van der Waals surface area contributed by atoms with E-state index in [0.29, 0.717) is 26.2 Å². The van der Waals surface area contributed by atoms with Crippen molar-refractivity contribution in [3.05, 3.63) is 35.6 Å². The fourth-order valence-corrected chi connectivity index (χ4v) is 5.29. The van der Waals surface area contributed by atoms with Crippen molar-refractivity contribution in [1.29, 1.82) is 0 Å². The molecule has 3 aliphatic rings. The van der Waals surface area contributed by atoms with E-state index >= 15 is 0 Å². The van der Waals surface area contributed by atoms with Crippen LogP contribution in [0.5, 0.6) is 0 Å². The third-order valence-corrected chi connectivity index (χ3v) is 7.15. The average Bonchev–Trinajstić information content (AvgIpc) is 3.09. The summed E-state index contributed by atoms with van der Waals surface area (Å²) in [5.41, 5.74) is 0.959. The summed E-state index contributed by atoms with van der Waals surface area (Å²) in [5, 5.41) is 0. The fourth-order valence-electron chi connectivity index (χ4n) is 5.29. The maximum Gasteiger partial charge on any atom is 0.236 e. The number of piperazine rings is 1. The molecule has 3 fully saturated rings. The fraction of sp³-hybridized carbons (Fsp3) is 0.680. The highest BCUT2D eigenvalue weighted by Gasteiger charge is 2.31. The van der Waals surface area contributed by atoms with Gasteiger partial charge in [0.05, 0.1) is 12.5 Å². The second-order valence-corrected chi connectivity index (χ2v) is 9.60. The van der Waals surface area contributed by atoms with E-state index in [-0.39, 0.29) is 23.5 Å². The Morgan fingerprint density at radius 2 is 1.59 bits per heavy atom. The minimum Gasteiger partial charge on any atom is -0.342 e. The first-order valence-electron chi connectivity index (χ1n) is 12.3. The molecule has 0 N–H and O–H groups in total. The van der Waals surface area contributed by atoms with Gasteiger partial charge in [-0.05, 0) is 49.9 Å². The lowest BCUT2D eigenvalue weighted by atomic mass is 9.95.